The second kappa shape index (κ2) is 9.04. The van der Waals surface area contributed by atoms with E-state index in [2.05, 4.69) is 0 Å². The normalized spacial score (nSPS) is 10.8. The number of carbonyl (C=O) groups is 2. The molecule has 0 amide bonds. The maximum absolute atomic E-state index is 10.4. The van der Waals surface area contributed by atoms with Crippen LogP contribution in [0.2, 0.25) is 0 Å². The highest BCUT2D eigenvalue weighted by Gasteiger charge is 2.11. The summed E-state index contributed by atoms with van der Waals surface area (Å²) in [5.74, 6) is -1.09. The van der Waals surface area contributed by atoms with Gasteiger partial charge in [0.05, 0.1) is 0 Å². The molecule has 0 fully saturated rings. The first-order valence-electron chi connectivity index (χ1n) is 5.63. The molecule has 1 unspecified atom stereocenters. The number of hydrogen-bond donors (Lipinski definition) is 2. The fourth-order valence-corrected chi connectivity index (χ4v) is 0.967. The van der Waals surface area contributed by atoms with Crippen molar-refractivity contribution in [1.82, 2.24) is 0 Å². The third-order valence-corrected chi connectivity index (χ3v) is 1.87. The zero-order chi connectivity index (χ0) is 14.0. The number of ether oxygens (including phenoxy) is 1. The van der Waals surface area contributed by atoms with Gasteiger partial charge in [-0.1, -0.05) is 25.1 Å². The Morgan fingerprint density at radius 3 is 2.11 bits per heavy atom. The SMILES string of the molecule is CC(Oc1ccccc1)C(=O)O.CCCC(=O)O. The molecule has 0 aliphatic rings. The van der Waals surface area contributed by atoms with Crippen LogP contribution >= 0.6 is 0 Å². The lowest BCUT2D eigenvalue weighted by Crippen LogP contribution is -2.22. The zero-order valence-corrected chi connectivity index (χ0v) is 10.5. The minimum Gasteiger partial charge on any atom is -0.481 e. The van der Waals surface area contributed by atoms with Crippen molar-refractivity contribution in [1.29, 1.82) is 0 Å². The van der Waals surface area contributed by atoms with Crippen LogP contribution in [0.3, 0.4) is 0 Å². The van der Waals surface area contributed by atoms with E-state index in [0.717, 1.165) is 6.42 Å². The lowest BCUT2D eigenvalue weighted by atomic mass is 10.3. The number of hydrogen-bond acceptors (Lipinski definition) is 3. The molecule has 1 rings (SSSR count). The molecule has 0 aliphatic carbocycles. The van der Waals surface area contributed by atoms with Gasteiger partial charge in [-0.25, -0.2) is 4.79 Å². The van der Waals surface area contributed by atoms with Crippen LogP contribution in [-0.2, 0) is 9.59 Å². The number of aliphatic carboxylic acids is 2. The standard InChI is InChI=1S/C9H10O3.C4H8O2/c1-7(9(10)11)12-8-5-3-2-4-6-8;1-2-3-4(5)6/h2-7H,1H3,(H,10,11);2-3H2,1H3,(H,5,6). The molecule has 1 aromatic carbocycles. The van der Waals surface area contributed by atoms with E-state index in [9.17, 15) is 9.59 Å². The molecule has 0 spiro atoms. The van der Waals surface area contributed by atoms with Gasteiger partial charge in [0.2, 0.25) is 0 Å². The summed E-state index contributed by atoms with van der Waals surface area (Å²) < 4.78 is 5.08. The van der Waals surface area contributed by atoms with Crippen molar-refractivity contribution in [3.05, 3.63) is 30.3 Å². The van der Waals surface area contributed by atoms with Crippen LogP contribution in [0.15, 0.2) is 30.3 Å². The van der Waals surface area contributed by atoms with Crippen molar-refractivity contribution < 1.29 is 24.5 Å². The van der Waals surface area contributed by atoms with Gasteiger partial charge in [0.1, 0.15) is 5.75 Å². The Labute approximate surface area is 106 Å². The summed E-state index contributed by atoms with van der Waals surface area (Å²) in [6, 6.07) is 8.88. The predicted molar refractivity (Wildman–Crippen MR) is 66.7 cm³/mol. The van der Waals surface area contributed by atoms with Crippen molar-refractivity contribution >= 4 is 11.9 Å². The Bertz CT molecular complexity index is 361. The zero-order valence-electron chi connectivity index (χ0n) is 10.5. The molecule has 0 aromatic heterocycles. The highest BCUT2D eigenvalue weighted by molar-refractivity contribution is 5.72. The van der Waals surface area contributed by atoms with Crippen molar-refractivity contribution in [2.75, 3.05) is 0 Å². The van der Waals surface area contributed by atoms with Gasteiger partial charge in [-0.2, -0.15) is 0 Å². The number of benzene rings is 1. The van der Waals surface area contributed by atoms with E-state index in [1.807, 2.05) is 13.0 Å². The van der Waals surface area contributed by atoms with Gasteiger partial charge in [-0.15, -0.1) is 0 Å². The molecular formula is C13H18O5. The summed E-state index contributed by atoms with van der Waals surface area (Å²) in [4.78, 5) is 20.0. The Morgan fingerprint density at radius 1 is 1.22 bits per heavy atom. The van der Waals surface area contributed by atoms with Crippen LogP contribution in [0.4, 0.5) is 0 Å². The topological polar surface area (TPSA) is 83.8 Å². The van der Waals surface area contributed by atoms with E-state index >= 15 is 0 Å². The molecular weight excluding hydrogens is 236 g/mol. The first-order valence-corrected chi connectivity index (χ1v) is 5.63. The van der Waals surface area contributed by atoms with Gasteiger partial charge in [-0.05, 0) is 25.5 Å². The summed E-state index contributed by atoms with van der Waals surface area (Å²) in [6.07, 6.45) is 0.224. The van der Waals surface area contributed by atoms with Crippen LogP contribution in [0.5, 0.6) is 5.75 Å². The van der Waals surface area contributed by atoms with Crippen LogP contribution in [0.1, 0.15) is 26.7 Å². The molecule has 0 saturated carbocycles. The Balaban J connectivity index is 0.000000411. The molecule has 1 aromatic rings. The third kappa shape index (κ3) is 8.15. The summed E-state index contributed by atoms with van der Waals surface area (Å²) in [7, 11) is 0. The largest absolute Gasteiger partial charge is 0.481 e. The molecule has 0 saturated heterocycles. The molecule has 1 atom stereocenters. The number of para-hydroxylation sites is 1. The van der Waals surface area contributed by atoms with Crippen LogP contribution in [0, 0.1) is 0 Å². The molecule has 2 N–H and O–H groups in total. The van der Waals surface area contributed by atoms with Gasteiger partial charge in [0, 0.05) is 6.42 Å². The van der Waals surface area contributed by atoms with Crippen LogP contribution in [-0.4, -0.2) is 28.3 Å². The first kappa shape index (κ1) is 16.0. The minimum absolute atomic E-state index is 0.292. The van der Waals surface area contributed by atoms with Gasteiger partial charge in [0.15, 0.2) is 6.10 Å². The molecule has 5 heteroatoms. The lowest BCUT2D eigenvalue weighted by molar-refractivity contribution is -0.144. The summed E-state index contributed by atoms with van der Waals surface area (Å²) >= 11 is 0. The van der Waals surface area contributed by atoms with E-state index in [1.54, 1.807) is 24.3 Å². The van der Waals surface area contributed by atoms with Crippen molar-refractivity contribution in [3.63, 3.8) is 0 Å². The fraction of sp³-hybridized carbons (Fsp3) is 0.385. The average Bonchev–Trinajstić information content (AvgIpc) is 2.30. The van der Waals surface area contributed by atoms with Gasteiger partial charge in [0.25, 0.3) is 0 Å². The maximum Gasteiger partial charge on any atom is 0.344 e. The summed E-state index contributed by atoms with van der Waals surface area (Å²) in [6.45, 7) is 3.34. The second-order valence-corrected chi connectivity index (χ2v) is 3.56. The highest BCUT2D eigenvalue weighted by atomic mass is 16.5. The van der Waals surface area contributed by atoms with Crippen molar-refractivity contribution in [2.45, 2.75) is 32.8 Å². The molecule has 5 nitrogen and oxygen atoms in total. The fourth-order valence-electron chi connectivity index (χ4n) is 0.967. The number of carboxylic acids is 2. The van der Waals surface area contributed by atoms with Crippen molar-refractivity contribution in [2.24, 2.45) is 0 Å². The van der Waals surface area contributed by atoms with E-state index in [0.29, 0.717) is 12.2 Å². The molecule has 18 heavy (non-hydrogen) atoms. The maximum atomic E-state index is 10.4. The van der Waals surface area contributed by atoms with Gasteiger partial charge >= 0.3 is 11.9 Å². The monoisotopic (exact) mass is 254 g/mol. The van der Waals surface area contributed by atoms with Crippen LogP contribution in [0.25, 0.3) is 0 Å². The molecule has 0 aliphatic heterocycles. The molecule has 0 heterocycles. The van der Waals surface area contributed by atoms with Crippen molar-refractivity contribution in [3.8, 4) is 5.75 Å². The Morgan fingerprint density at radius 2 is 1.78 bits per heavy atom. The van der Waals surface area contributed by atoms with E-state index in [4.69, 9.17) is 14.9 Å². The molecule has 100 valence electrons. The second-order valence-electron chi connectivity index (χ2n) is 3.56. The number of rotatable bonds is 5. The Kier molecular flexibility index (Phi) is 8.01. The summed E-state index contributed by atoms with van der Waals surface area (Å²) in [5.41, 5.74) is 0. The first-order chi connectivity index (χ1) is 8.47. The minimum atomic E-state index is -0.959. The van der Waals surface area contributed by atoms with Gasteiger partial charge < -0.3 is 14.9 Å². The quantitative estimate of drug-likeness (QED) is 0.843. The van der Waals surface area contributed by atoms with E-state index < -0.39 is 18.0 Å². The van der Waals surface area contributed by atoms with E-state index in [1.165, 1.54) is 6.92 Å². The van der Waals surface area contributed by atoms with E-state index in [-0.39, 0.29) is 0 Å². The lowest BCUT2D eigenvalue weighted by Gasteiger charge is -2.09. The number of carboxylic acid groups (broad SMARTS) is 2. The highest BCUT2D eigenvalue weighted by Crippen LogP contribution is 2.10. The molecule has 0 radical (unpaired) electrons. The van der Waals surface area contributed by atoms with Crippen LogP contribution < -0.4 is 4.74 Å². The molecule has 0 bridgehead atoms. The summed E-state index contributed by atoms with van der Waals surface area (Å²) in [5, 5.41) is 16.4. The smallest absolute Gasteiger partial charge is 0.344 e. The average molecular weight is 254 g/mol. The predicted octanol–water partition coefficient (Wildman–Crippen LogP) is 2.41. The third-order valence-electron chi connectivity index (χ3n) is 1.87. The Hall–Kier alpha value is -2.04. The van der Waals surface area contributed by atoms with Gasteiger partial charge in [-0.3, -0.25) is 4.79 Å².